The Morgan fingerprint density at radius 3 is 2.32 bits per heavy atom. The maximum atomic E-state index is 13.2. The predicted octanol–water partition coefficient (Wildman–Crippen LogP) is 5.78. The van der Waals surface area contributed by atoms with Crippen LogP contribution < -0.4 is 10.0 Å². The van der Waals surface area contributed by atoms with E-state index in [1.165, 1.54) is 30.0 Å². The maximum Gasteiger partial charge on any atom is 0.262 e. The van der Waals surface area contributed by atoms with Gasteiger partial charge in [-0.25, -0.2) is 8.42 Å². The third-order valence-corrected chi connectivity index (χ3v) is 8.10. The molecule has 5 nitrogen and oxygen atoms in total. The summed E-state index contributed by atoms with van der Waals surface area (Å²) < 4.78 is 29.1. The fourth-order valence-electron chi connectivity index (χ4n) is 4.46. The van der Waals surface area contributed by atoms with Crippen LogP contribution in [0.1, 0.15) is 69.5 Å². The second-order valence-corrected chi connectivity index (χ2v) is 11.0. The highest BCUT2D eigenvalue weighted by molar-refractivity contribution is 7.92. The van der Waals surface area contributed by atoms with Crippen LogP contribution in [0, 0.1) is 20.8 Å². The van der Waals surface area contributed by atoms with Gasteiger partial charge in [-0.3, -0.25) is 9.52 Å². The average Bonchev–Trinajstić information content (AvgIpc) is 2.81. The summed E-state index contributed by atoms with van der Waals surface area (Å²) in [6.07, 6.45) is 4.63. The molecular weight excluding hydrogens is 444 g/mol. The molecule has 0 radical (unpaired) electrons. The molecule has 34 heavy (non-hydrogen) atoms. The number of anilines is 1. The summed E-state index contributed by atoms with van der Waals surface area (Å²) in [7, 11) is -3.86. The summed E-state index contributed by atoms with van der Waals surface area (Å²) in [6, 6.07) is 16.7. The van der Waals surface area contributed by atoms with Gasteiger partial charge in [-0.1, -0.05) is 36.4 Å². The number of hydrogen-bond acceptors (Lipinski definition) is 3. The summed E-state index contributed by atoms with van der Waals surface area (Å²) in [5.41, 5.74) is 7.06. The van der Waals surface area contributed by atoms with E-state index in [1.54, 1.807) is 25.1 Å². The van der Waals surface area contributed by atoms with E-state index < -0.39 is 10.0 Å². The van der Waals surface area contributed by atoms with Gasteiger partial charge in [0, 0.05) is 5.56 Å². The van der Waals surface area contributed by atoms with E-state index in [4.69, 9.17) is 0 Å². The van der Waals surface area contributed by atoms with E-state index in [-0.39, 0.29) is 16.8 Å². The van der Waals surface area contributed by atoms with Gasteiger partial charge in [0.2, 0.25) is 0 Å². The first-order chi connectivity index (χ1) is 16.1. The van der Waals surface area contributed by atoms with Crippen molar-refractivity contribution < 1.29 is 13.2 Å². The number of rotatable bonds is 6. The molecule has 3 aromatic carbocycles. The molecule has 1 atom stereocenters. The molecular formula is C28H32N2O3S. The van der Waals surface area contributed by atoms with E-state index in [9.17, 15) is 13.2 Å². The van der Waals surface area contributed by atoms with Crippen molar-refractivity contribution in [2.24, 2.45) is 0 Å². The van der Waals surface area contributed by atoms with Gasteiger partial charge in [-0.2, -0.15) is 0 Å². The van der Waals surface area contributed by atoms with Crippen LogP contribution in [0.4, 0.5) is 5.69 Å². The predicted molar refractivity (Wildman–Crippen MR) is 137 cm³/mol. The van der Waals surface area contributed by atoms with E-state index in [0.717, 1.165) is 29.5 Å². The van der Waals surface area contributed by atoms with Crippen LogP contribution in [-0.2, 0) is 22.9 Å². The SMILES string of the molecule is Cc1ccc(C)c(NS(=O)(=O)c2cc(C(=O)NC(C)c3ccc4c(c3)CCCC4)ccc2C)c1. The lowest BCUT2D eigenvalue weighted by atomic mass is 9.89. The Hall–Kier alpha value is -3.12. The van der Waals surface area contributed by atoms with Crippen LogP contribution in [-0.4, -0.2) is 14.3 Å². The minimum Gasteiger partial charge on any atom is -0.346 e. The third kappa shape index (κ3) is 5.17. The molecule has 1 aliphatic carbocycles. The molecule has 0 saturated carbocycles. The zero-order valence-corrected chi connectivity index (χ0v) is 21.1. The van der Waals surface area contributed by atoms with Crippen molar-refractivity contribution in [2.75, 3.05) is 4.72 Å². The molecule has 0 fully saturated rings. The van der Waals surface area contributed by atoms with Crippen LogP contribution in [0.2, 0.25) is 0 Å². The second-order valence-electron chi connectivity index (χ2n) is 9.33. The minimum absolute atomic E-state index is 0.0995. The van der Waals surface area contributed by atoms with Gasteiger partial charge < -0.3 is 5.32 Å². The molecule has 0 spiro atoms. The molecule has 0 heterocycles. The number of hydrogen-bond donors (Lipinski definition) is 2. The molecule has 178 valence electrons. The Kier molecular flexibility index (Phi) is 6.80. The molecule has 3 aromatic rings. The molecule has 1 unspecified atom stereocenters. The van der Waals surface area contributed by atoms with Crippen molar-refractivity contribution >= 4 is 21.6 Å². The molecule has 2 N–H and O–H groups in total. The fourth-order valence-corrected chi connectivity index (χ4v) is 5.86. The highest BCUT2D eigenvalue weighted by atomic mass is 32.2. The highest BCUT2D eigenvalue weighted by Gasteiger charge is 2.21. The van der Waals surface area contributed by atoms with Crippen LogP contribution >= 0.6 is 0 Å². The summed E-state index contributed by atoms with van der Waals surface area (Å²) in [6.45, 7) is 7.46. The topological polar surface area (TPSA) is 75.3 Å². The van der Waals surface area contributed by atoms with E-state index in [1.807, 2.05) is 32.9 Å². The Morgan fingerprint density at radius 1 is 0.853 bits per heavy atom. The molecule has 0 saturated heterocycles. The minimum atomic E-state index is -3.86. The molecule has 0 aromatic heterocycles. The average molecular weight is 477 g/mol. The Morgan fingerprint density at radius 2 is 1.56 bits per heavy atom. The normalized spacial score (nSPS) is 14.2. The number of fused-ring (bicyclic) bond motifs is 1. The van der Waals surface area contributed by atoms with Gasteiger partial charge >= 0.3 is 0 Å². The second kappa shape index (κ2) is 9.63. The Bertz CT molecular complexity index is 1350. The van der Waals surface area contributed by atoms with Crippen LogP contribution in [0.5, 0.6) is 0 Å². The lowest BCUT2D eigenvalue weighted by molar-refractivity contribution is 0.0939. The monoisotopic (exact) mass is 476 g/mol. The van der Waals surface area contributed by atoms with Crippen molar-refractivity contribution in [2.45, 2.75) is 64.3 Å². The van der Waals surface area contributed by atoms with Crippen molar-refractivity contribution in [3.05, 3.63) is 93.5 Å². The summed E-state index contributed by atoms with van der Waals surface area (Å²) in [4.78, 5) is 13.1. The van der Waals surface area contributed by atoms with Crippen LogP contribution in [0.3, 0.4) is 0 Å². The van der Waals surface area contributed by atoms with Crippen molar-refractivity contribution in [1.82, 2.24) is 5.32 Å². The highest BCUT2D eigenvalue weighted by Crippen LogP contribution is 2.26. The Balaban J connectivity index is 1.55. The van der Waals surface area contributed by atoms with E-state index >= 15 is 0 Å². The van der Waals surface area contributed by atoms with E-state index in [0.29, 0.717) is 16.8 Å². The number of benzene rings is 3. The van der Waals surface area contributed by atoms with Gasteiger partial charge in [0.05, 0.1) is 16.6 Å². The van der Waals surface area contributed by atoms with Gasteiger partial charge in [0.25, 0.3) is 15.9 Å². The molecule has 0 aliphatic heterocycles. The Labute approximate surface area is 202 Å². The van der Waals surface area contributed by atoms with E-state index in [2.05, 4.69) is 28.2 Å². The number of carbonyl (C=O) groups excluding carboxylic acids is 1. The van der Waals surface area contributed by atoms with Gasteiger partial charge in [0.1, 0.15) is 0 Å². The number of amides is 1. The number of aryl methyl sites for hydroxylation is 5. The largest absolute Gasteiger partial charge is 0.346 e. The first-order valence-corrected chi connectivity index (χ1v) is 13.3. The van der Waals surface area contributed by atoms with Crippen molar-refractivity contribution in [3.63, 3.8) is 0 Å². The van der Waals surface area contributed by atoms with Crippen LogP contribution in [0.25, 0.3) is 0 Å². The zero-order chi connectivity index (χ0) is 24.5. The zero-order valence-electron chi connectivity index (χ0n) is 20.2. The van der Waals surface area contributed by atoms with Crippen molar-refractivity contribution in [3.8, 4) is 0 Å². The van der Waals surface area contributed by atoms with Gasteiger partial charge in [-0.15, -0.1) is 0 Å². The molecule has 0 bridgehead atoms. The fraction of sp³-hybridized carbons (Fsp3) is 0.321. The quantitative estimate of drug-likeness (QED) is 0.473. The molecule has 1 aliphatic rings. The van der Waals surface area contributed by atoms with Gasteiger partial charge in [0.15, 0.2) is 0 Å². The number of carbonyl (C=O) groups is 1. The smallest absolute Gasteiger partial charge is 0.262 e. The first kappa shape index (κ1) is 24.0. The standard InChI is InChI=1S/C28H32N2O3S/c1-18-9-10-19(2)26(15-18)30-34(32,33)27-17-25(12-11-20(27)3)28(31)29-21(4)23-14-13-22-7-5-6-8-24(22)16-23/h9-17,21,30H,5-8H2,1-4H3,(H,29,31). The van der Waals surface area contributed by atoms with Crippen molar-refractivity contribution in [1.29, 1.82) is 0 Å². The third-order valence-electron chi connectivity index (χ3n) is 6.60. The van der Waals surface area contributed by atoms with Gasteiger partial charge in [-0.05, 0) is 105 Å². The summed E-state index contributed by atoms with van der Waals surface area (Å²) >= 11 is 0. The summed E-state index contributed by atoms with van der Waals surface area (Å²) in [5.74, 6) is -0.298. The number of sulfonamides is 1. The summed E-state index contributed by atoms with van der Waals surface area (Å²) in [5, 5.41) is 3.03. The molecule has 6 heteroatoms. The maximum absolute atomic E-state index is 13.2. The lowest BCUT2D eigenvalue weighted by Gasteiger charge is -2.20. The lowest BCUT2D eigenvalue weighted by Crippen LogP contribution is -2.27. The molecule has 1 amide bonds. The number of nitrogens with one attached hydrogen (secondary N) is 2. The first-order valence-electron chi connectivity index (χ1n) is 11.8. The van der Waals surface area contributed by atoms with Crippen LogP contribution in [0.15, 0.2) is 59.5 Å². The molecule has 4 rings (SSSR count).